The first-order valence-corrected chi connectivity index (χ1v) is 9.04. The minimum atomic E-state index is -0.382. The molecule has 2 aliphatic heterocycles. The summed E-state index contributed by atoms with van der Waals surface area (Å²) in [6, 6.07) is 6.78. The number of hydrogen-bond acceptors (Lipinski definition) is 6. The third kappa shape index (κ3) is 3.37. The first-order chi connectivity index (χ1) is 13.1. The number of fused-ring (bicyclic) bond motifs is 1. The molecule has 0 unspecified atom stereocenters. The second-order valence-electron chi connectivity index (χ2n) is 6.62. The van der Waals surface area contributed by atoms with Crippen LogP contribution in [0, 0.1) is 10.1 Å². The van der Waals surface area contributed by atoms with Crippen molar-refractivity contribution in [2.24, 2.45) is 0 Å². The molecule has 2 saturated heterocycles. The van der Waals surface area contributed by atoms with Crippen molar-refractivity contribution in [1.29, 1.82) is 0 Å². The summed E-state index contributed by atoms with van der Waals surface area (Å²) in [4.78, 5) is 33.7. The maximum atomic E-state index is 12.6. The van der Waals surface area contributed by atoms with Gasteiger partial charge in [-0.05, 0) is 18.2 Å². The summed E-state index contributed by atoms with van der Waals surface area (Å²) in [5.74, 6) is 0. The SMILES string of the molecule is O=C(N1CCOCC1)N1CCN(c2ccc([N+](=O)[O-])c3cccnc23)CC1. The molecule has 0 N–H and O–H groups in total. The Balaban J connectivity index is 1.51. The van der Waals surface area contributed by atoms with Crippen molar-refractivity contribution in [3.05, 3.63) is 40.6 Å². The lowest BCUT2D eigenvalue weighted by molar-refractivity contribution is -0.383. The van der Waals surface area contributed by atoms with Crippen LogP contribution >= 0.6 is 0 Å². The number of morpholine rings is 1. The van der Waals surface area contributed by atoms with Gasteiger partial charge in [-0.3, -0.25) is 15.1 Å². The van der Waals surface area contributed by atoms with Crippen LogP contribution < -0.4 is 4.90 Å². The Labute approximate surface area is 156 Å². The third-order valence-corrected chi connectivity index (χ3v) is 5.09. The predicted octanol–water partition coefficient (Wildman–Crippen LogP) is 1.72. The predicted molar refractivity (Wildman–Crippen MR) is 100.0 cm³/mol. The zero-order valence-electron chi connectivity index (χ0n) is 14.9. The van der Waals surface area contributed by atoms with Gasteiger partial charge in [0.2, 0.25) is 0 Å². The van der Waals surface area contributed by atoms with E-state index >= 15 is 0 Å². The molecule has 9 nitrogen and oxygen atoms in total. The van der Waals surface area contributed by atoms with Crippen LogP contribution in [0.1, 0.15) is 0 Å². The lowest BCUT2D eigenvalue weighted by Gasteiger charge is -2.39. The third-order valence-electron chi connectivity index (χ3n) is 5.09. The van der Waals surface area contributed by atoms with Gasteiger partial charge in [0.25, 0.3) is 5.69 Å². The molecule has 3 heterocycles. The van der Waals surface area contributed by atoms with Crippen LogP contribution in [0.15, 0.2) is 30.5 Å². The van der Waals surface area contributed by atoms with Gasteiger partial charge >= 0.3 is 6.03 Å². The van der Waals surface area contributed by atoms with Crippen molar-refractivity contribution in [3.63, 3.8) is 0 Å². The van der Waals surface area contributed by atoms with Gasteiger partial charge < -0.3 is 19.4 Å². The van der Waals surface area contributed by atoms with E-state index in [1.165, 1.54) is 6.07 Å². The summed E-state index contributed by atoms with van der Waals surface area (Å²) >= 11 is 0. The lowest BCUT2D eigenvalue weighted by Crippen LogP contribution is -2.54. The Bertz CT molecular complexity index is 860. The normalized spacial score (nSPS) is 18.0. The number of non-ortho nitro benzene ring substituents is 1. The second-order valence-corrected chi connectivity index (χ2v) is 6.62. The van der Waals surface area contributed by atoms with E-state index in [1.807, 2.05) is 9.80 Å². The summed E-state index contributed by atoms with van der Waals surface area (Å²) in [7, 11) is 0. The lowest BCUT2D eigenvalue weighted by atomic mass is 10.1. The highest BCUT2D eigenvalue weighted by Gasteiger charge is 2.27. The summed E-state index contributed by atoms with van der Waals surface area (Å²) in [5.41, 5.74) is 1.55. The smallest absolute Gasteiger partial charge is 0.320 e. The van der Waals surface area contributed by atoms with Crippen molar-refractivity contribution in [2.75, 3.05) is 57.4 Å². The van der Waals surface area contributed by atoms with Crippen LogP contribution in [-0.4, -0.2) is 78.2 Å². The van der Waals surface area contributed by atoms with E-state index < -0.39 is 0 Å². The number of hydrogen-bond donors (Lipinski definition) is 0. The Kier molecular flexibility index (Phi) is 4.76. The number of amides is 2. The Morgan fingerprint density at radius 2 is 1.74 bits per heavy atom. The van der Waals surface area contributed by atoms with Crippen LogP contribution in [0.3, 0.4) is 0 Å². The zero-order chi connectivity index (χ0) is 18.8. The number of nitrogens with zero attached hydrogens (tertiary/aromatic N) is 5. The zero-order valence-corrected chi connectivity index (χ0v) is 14.9. The molecule has 1 aromatic heterocycles. The van der Waals surface area contributed by atoms with Gasteiger partial charge in [-0.1, -0.05) is 0 Å². The molecule has 4 rings (SSSR count). The van der Waals surface area contributed by atoms with Gasteiger partial charge in [0, 0.05) is 51.5 Å². The molecule has 27 heavy (non-hydrogen) atoms. The number of nitro benzene ring substituents is 1. The number of ether oxygens (including phenoxy) is 1. The number of rotatable bonds is 2. The first kappa shape index (κ1) is 17.5. The summed E-state index contributed by atoms with van der Waals surface area (Å²) in [6.45, 7) is 5.01. The van der Waals surface area contributed by atoms with Crippen LogP contribution in [0.4, 0.5) is 16.2 Å². The highest BCUT2D eigenvalue weighted by Crippen LogP contribution is 2.32. The van der Waals surface area contributed by atoms with E-state index in [1.54, 1.807) is 24.4 Å². The van der Waals surface area contributed by atoms with Crippen LogP contribution in [0.25, 0.3) is 10.9 Å². The molecule has 0 spiro atoms. The molecule has 2 aromatic rings. The van der Waals surface area contributed by atoms with E-state index in [0.717, 1.165) is 5.69 Å². The Morgan fingerprint density at radius 3 is 2.44 bits per heavy atom. The number of pyridine rings is 1. The fourth-order valence-corrected chi connectivity index (χ4v) is 3.65. The van der Waals surface area contributed by atoms with Crippen molar-refractivity contribution in [3.8, 4) is 0 Å². The monoisotopic (exact) mass is 371 g/mol. The number of aromatic nitrogens is 1. The summed E-state index contributed by atoms with van der Waals surface area (Å²) < 4.78 is 5.30. The van der Waals surface area contributed by atoms with E-state index in [4.69, 9.17) is 4.74 Å². The Morgan fingerprint density at radius 1 is 1.04 bits per heavy atom. The van der Waals surface area contributed by atoms with Gasteiger partial charge in [0.15, 0.2) is 0 Å². The molecule has 1 aromatic carbocycles. The minimum Gasteiger partial charge on any atom is -0.378 e. The Hall–Kier alpha value is -2.94. The molecule has 142 valence electrons. The van der Waals surface area contributed by atoms with Crippen LogP contribution in [-0.2, 0) is 4.74 Å². The standard InChI is InChI=1S/C18H21N5O4/c24-18(22-10-12-27-13-11-22)21-8-6-20(7-9-21)16-4-3-15(23(25)26)14-2-1-5-19-17(14)16/h1-5H,6-13H2. The number of nitro groups is 1. The molecule has 2 amide bonds. The fourth-order valence-electron chi connectivity index (χ4n) is 3.65. The van der Waals surface area contributed by atoms with Crippen molar-refractivity contribution < 1.29 is 14.5 Å². The molecule has 2 aliphatic rings. The van der Waals surface area contributed by atoms with Crippen molar-refractivity contribution in [2.45, 2.75) is 0 Å². The second kappa shape index (κ2) is 7.36. The largest absolute Gasteiger partial charge is 0.378 e. The van der Waals surface area contributed by atoms with Gasteiger partial charge in [0.05, 0.1) is 29.2 Å². The molecule has 0 bridgehead atoms. The highest BCUT2D eigenvalue weighted by molar-refractivity contribution is 5.97. The fraction of sp³-hybridized carbons (Fsp3) is 0.444. The molecule has 9 heteroatoms. The van der Waals surface area contributed by atoms with Crippen molar-refractivity contribution >= 4 is 28.3 Å². The number of piperazine rings is 1. The molecule has 0 aliphatic carbocycles. The van der Waals surface area contributed by atoms with E-state index in [-0.39, 0.29) is 16.6 Å². The first-order valence-electron chi connectivity index (χ1n) is 9.04. The van der Waals surface area contributed by atoms with Gasteiger partial charge in [-0.15, -0.1) is 0 Å². The maximum absolute atomic E-state index is 12.6. The van der Waals surface area contributed by atoms with Crippen molar-refractivity contribution in [1.82, 2.24) is 14.8 Å². The number of carbonyl (C=O) groups is 1. The molecule has 2 fully saturated rings. The highest BCUT2D eigenvalue weighted by atomic mass is 16.6. The van der Waals surface area contributed by atoms with Gasteiger partial charge in [-0.2, -0.15) is 0 Å². The molecular formula is C18H21N5O4. The van der Waals surface area contributed by atoms with E-state index in [0.29, 0.717) is 63.4 Å². The topological polar surface area (TPSA) is 92.0 Å². The van der Waals surface area contributed by atoms with Gasteiger partial charge in [-0.25, -0.2) is 4.79 Å². The number of anilines is 1. The minimum absolute atomic E-state index is 0.0583. The van der Waals surface area contributed by atoms with Crippen LogP contribution in [0.2, 0.25) is 0 Å². The van der Waals surface area contributed by atoms with Gasteiger partial charge in [0.1, 0.15) is 5.52 Å². The molecule has 0 atom stereocenters. The quantitative estimate of drug-likeness (QED) is 0.590. The van der Waals surface area contributed by atoms with Crippen LogP contribution in [0.5, 0.6) is 0 Å². The maximum Gasteiger partial charge on any atom is 0.320 e. The number of urea groups is 1. The molecule has 0 radical (unpaired) electrons. The summed E-state index contributed by atoms with van der Waals surface area (Å²) in [5, 5.41) is 11.8. The number of carbonyl (C=O) groups excluding carboxylic acids is 1. The number of benzene rings is 1. The van der Waals surface area contributed by atoms with E-state index in [2.05, 4.69) is 9.88 Å². The average Bonchev–Trinajstić information content (AvgIpc) is 2.73. The molecular weight excluding hydrogens is 350 g/mol. The summed E-state index contributed by atoms with van der Waals surface area (Å²) in [6.07, 6.45) is 1.65. The average molecular weight is 371 g/mol. The molecule has 0 saturated carbocycles. The van der Waals surface area contributed by atoms with E-state index in [9.17, 15) is 14.9 Å².